The van der Waals surface area contributed by atoms with Crippen molar-refractivity contribution in [3.63, 3.8) is 0 Å². The highest BCUT2D eigenvalue weighted by Gasteiger charge is 2.42. The predicted octanol–water partition coefficient (Wildman–Crippen LogP) is 1.04. The van der Waals surface area contributed by atoms with E-state index in [1.807, 2.05) is 0 Å². The largest absolute Gasteiger partial charge is 0.382 e. The van der Waals surface area contributed by atoms with E-state index >= 15 is 0 Å². The van der Waals surface area contributed by atoms with Gasteiger partial charge in [-0.1, -0.05) is 12.1 Å². The van der Waals surface area contributed by atoms with E-state index in [-0.39, 0.29) is 11.3 Å². The molecule has 0 unspecified atom stereocenters. The zero-order chi connectivity index (χ0) is 20.9. The summed E-state index contributed by atoms with van der Waals surface area (Å²) in [5.41, 5.74) is 0.910. The maximum atomic E-state index is 11.3. The first kappa shape index (κ1) is 21.4. The van der Waals surface area contributed by atoms with Crippen molar-refractivity contribution in [1.29, 1.82) is 0 Å². The van der Waals surface area contributed by atoms with Crippen LogP contribution in [0.15, 0.2) is 30.6 Å². The van der Waals surface area contributed by atoms with E-state index in [0.29, 0.717) is 36.4 Å². The number of anilines is 3. The van der Waals surface area contributed by atoms with Crippen LogP contribution in [0.25, 0.3) is 0 Å². The quantitative estimate of drug-likeness (QED) is 0.608. The number of nitrogens with one attached hydrogen (secondary N) is 1. The Kier molecular flexibility index (Phi) is 6.63. The number of hydrogen-bond acceptors (Lipinski definition) is 9. The van der Waals surface area contributed by atoms with E-state index < -0.39 is 10.0 Å². The van der Waals surface area contributed by atoms with Crippen molar-refractivity contribution in [2.75, 3.05) is 44.2 Å². The average molecular weight is 423 g/mol. The van der Waals surface area contributed by atoms with Crippen LogP contribution in [0.1, 0.15) is 18.4 Å². The molecule has 1 aromatic carbocycles. The van der Waals surface area contributed by atoms with Gasteiger partial charge in [-0.25, -0.2) is 23.5 Å². The summed E-state index contributed by atoms with van der Waals surface area (Å²) in [5.74, 6) is 0.656. The van der Waals surface area contributed by atoms with Crippen LogP contribution in [0, 0.1) is 0 Å². The molecule has 0 bridgehead atoms. The third-order valence-electron chi connectivity index (χ3n) is 4.77. The van der Waals surface area contributed by atoms with Gasteiger partial charge in [-0.3, -0.25) is 0 Å². The Balaban J connectivity index is 1.82. The van der Waals surface area contributed by atoms with Gasteiger partial charge in [0.25, 0.3) is 0 Å². The molecule has 1 aliphatic rings. The Hall–Kier alpha value is -2.34. The van der Waals surface area contributed by atoms with Crippen molar-refractivity contribution in [3.8, 4) is 0 Å². The molecule has 1 aliphatic heterocycles. The van der Waals surface area contributed by atoms with Crippen molar-refractivity contribution in [2.45, 2.75) is 24.1 Å². The van der Waals surface area contributed by atoms with Gasteiger partial charge in [0, 0.05) is 26.5 Å². The normalized spacial score (nSPS) is 16.2. The predicted molar refractivity (Wildman–Crippen MR) is 109 cm³/mol. The molecule has 0 atom stereocenters. The number of nitrogens with two attached hydrogens (primary N) is 1. The van der Waals surface area contributed by atoms with E-state index in [4.69, 9.17) is 14.6 Å². The van der Waals surface area contributed by atoms with Crippen LogP contribution < -0.4 is 15.4 Å². The minimum absolute atomic E-state index is 0.241. The van der Waals surface area contributed by atoms with Crippen LogP contribution in [0.2, 0.25) is 0 Å². The van der Waals surface area contributed by atoms with Crippen molar-refractivity contribution < 1.29 is 17.9 Å². The van der Waals surface area contributed by atoms with E-state index in [1.54, 1.807) is 38.5 Å². The van der Waals surface area contributed by atoms with Crippen LogP contribution in [-0.4, -0.2) is 62.9 Å². The maximum Gasteiger partial charge on any atom is 0.231 e. The monoisotopic (exact) mass is 422 g/mol. The standard InChI is InChI=1S/C18H26N6O4S/c1-27-11-18(12-28-2)7-4-8-24(18)17-21-13-20-16(23-17)22-15-6-3-5-14(9-15)10-29(19,25)26/h3,5-6,9,13H,4,7-8,10-12H2,1-2H3,(H2,19,25,26)(H,20,21,22,23). The number of nitrogens with zero attached hydrogens (tertiary/aromatic N) is 4. The van der Waals surface area contributed by atoms with Crippen molar-refractivity contribution in [3.05, 3.63) is 36.2 Å². The van der Waals surface area contributed by atoms with Gasteiger partial charge in [-0.15, -0.1) is 0 Å². The molecule has 1 aromatic heterocycles. The van der Waals surface area contributed by atoms with Gasteiger partial charge in [0.05, 0.1) is 24.5 Å². The van der Waals surface area contributed by atoms with Crippen LogP contribution in [0.5, 0.6) is 0 Å². The average Bonchev–Trinajstić information content (AvgIpc) is 3.05. The van der Waals surface area contributed by atoms with E-state index in [2.05, 4.69) is 25.2 Å². The molecule has 158 valence electrons. The molecule has 0 radical (unpaired) electrons. The van der Waals surface area contributed by atoms with Gasteiger partial charge in [0.2, 0.25) is 21.9 Å². The fraction of sp³-hybridized carbons (Fsp3) is 0.500. The first-order valence-corrected chi connectivity index (χ1v) is 10.9. The van der Waals surface area contributed by atoms with Crippen molar-refractivity contribution in [1.82, 2.24) is 15.0 Å². The molecule has 0 aliphatic carbocycles. The number of primary sulfonamides is 1. The van der Waals surface area contributed by atoms with Gasteiger partial charge < -0.3 is 19.7 Å². The minimum Gasteiger partial charge on any atom is -0.382 e. The molecule has 1 saturated heterocycles. The minimum atomic E-state index is -3.61. The first-order valence-electron chi connectivity index (χ1n) is 9.16. The van der Waals surface area contributed by atoms with Gasteiger partial charge in [-0.05, 0) is 30.5 Å². The molecule has 0 amide bonds. The number of benzene rings is 1. The van der Waals surface area contributed by atoms with Gasteiger partial charge in [0.1, 0.15) is 6.33 Å². The number of sulfonamides is 1. The third kappa shape index (κ3) is 5.38. The molecule has 10 nitrogen and oxygen atoms in total. The molecule has 11 heteroatoms. The summed E-state index contributed by atoms with van der Waals surface area (Å²) in [7, 11) is -0.269. The second-order valence-electron chi connectivity index (χ2n) is 7.09. The molecule has 3 rings (SSSR count). The van der Waals surface area contributed by atoms with Crippen molar-refractivity contribution in [2.24, 2.45) is 5.14 Å². The summed E-state index contributed by atoms with van der Waals surface area (Å²) in [4.78, 5) is 15.2. The molecule has 29 heavy (non-hydrogen) atoms. The Morgan fingerprint density at radius 1 is 1.24 bits per heavy atom. The Morgan fingerprint density at radius 2 is 2.00 bits per heavy atom. The smallest absolute Gasteiger partial charge is 0.231 e. The van der Waals surface area contributed by atoms with Crippen LogP contribution >= 0.6 is 0 Å². The highest BCUT2D eigenvalue weighted by molar-refractivity contribution is 7.88. The summed E-state index contributed by atoms with van der Waals surface area (Å²) in [6, 6.07) is 6.94. The number of rotatable bonds is 9. The van der Waals surface area contributed by atoms with E-state index in [9.17, 15) is 8.42 Å². The summed E-state index contributed by atoms with van der Waals surface area (Å²) in [6.45, 7) is 1.80. The molecular formula is C18H26N6O4S. The number of ether oxygens (including phenoxy) is 2. The third-order valence-corrected chi connectivity index (χ3v) is 5.51. The lowest BCUT2D eigenvalue weighted by atomic mass is 9.98. The second kappa shape index (κ2) is 8.99. The zero-order valence-corrected chi connectivity index (χ0v) is 17.4. The maximum absolute atomic E-state index is 11.3. The van der Waals surface area contributed by atoms with E-state index in [0.717, 1.165) is 19.4 Å². The molecule has 3 N–H and O–H groups in total. The fourth-order valence-corrected chi connectivity index (χ4v) is 4.35. The molecule has 2 heterocycles. The summed E-state index contributed by atoms with van der Waals surface area (Å²) in [6.07, 6.45) is 3.34. The molecule has 0 saturated carbocycles. The molecular weight excluding hydrogens is 396 g/mol. The summed E-state index contributed by atoms with van der Waals surface area (Å²) < 4.78 is 33.5. The highest BCUT2D eigenvalue weighted by Crippen LogP contribution is 2.33. The Bertz CT molecular complexity index is 933. The second-order valence-corrected chi connectivity index (χ2v) is 8.70. The van der Waals surface area contributed by atoms with Crippen LogP contribution in [0.4, 0.5) is 17.6 Å². The number of hydrogen-bond donors (Lipinski definition) is 2. The Morgan fingerprint density at radius 3 is 2.69 bits per heavy atom. The van der Waals surface area contributed by atoms with Crippen LogP contribution in [-0.2, 0) is 25.2 Å². The lowest BCUT2D eigenvalue weighted by Crippen LogP contribution is -2.52. The zero-order valence-electron chi connectivity index (χ0n) is 16.5. The topological polar surface area (TPSA) is 133 Å². The molecule has 1 fully saturated rings. The number of methoxy groups -OCH3 is 2. The van der Waals surface area contributed by atoms with E-state index in [1.165, 1.54) is 6.33 Å². The molecule has 0 spiro atoms. The SMILES string of the molecule is COCC1(COC)CCCN1c1ncnc(Nc2cccc(CS(N)(=O)=O)c2)n1. The number of aromatic nitrogens is 3. The van der Waals surface area contributed by atoms with Gasteiger partial charge >= 0.3 is 0 Å². The summed E-state index contributed by atoms with van der Waals surface area (Å²) >= 11 is 0. The summed E-state index contributed by atoms with van der Waals surface area (Å²) in [5, 5.41) is 8.23. The lowest BCUT2D eigenvalue weighted by Gasteiger charge is -2.37. The van der Waals surface area contributed by atoms with Crippen molar-refractivity contribution >= 4 is 27.6 Å². The highest BCUT2D eigenvalue weighted by atomic mass is 32.2. The van der Waals surface area contributed by atoms with Crippen LogP contribution in [0.3, 0.4) is 0 Å². The lowest BCUT2D eigenvalue weighted by molar-refractivity contribution is 0.0650. The van der Waals surface area contributed by atoms with Gasteiger partial charge in [-0.2, -0.15) is 4.98 Å². The molecule has 2 aromatic rings. The van der Waals surface area contributed by atoms with Gasteiger partial charge in [0.15, 0.2) is 0 Å². The first-order chi connectivity index (χ1) is 13.8. The Labute approximate surface area is 170 Å². The fourth-order valence-electron chi connectivity index (χ4n) is 3.71.